The molecule has 3 aliphatic rings. The van der Waals surface area contributed by atoms with Gasteiger partial charge in [0.2, 0.25) is 0 Å². The number of hydrogen-bond donors (Lipinski definition) is 1. The Morgan fingerprint density at radius 2 is 1.81 bits per heavy atom. The van der Waals surface area contributed by atoms with E-state index in [1.165, 1.54) is 77.4 Å². The summed E-state index contributed by atoms with van der Waals surface area (Å²) in [5.74, 6) is 0.947. The van der Waals surface area contributed by atoms with E-state index < -0.39 is 0 Å². The van der Waals surface area contributed by atoms with Crippen molar-refractivity contribution in [3.8, 4) is 0 Å². The molecule has 2 atom stereocenters. The average molecular weight is 311 g/mol. The molecule has 2 nitrogen and oxygen atoms in total. The molecule has 3 rings (SSSR count). The van der Waals surface area contributed by atoms with Gasteiger partial charge in [-0.3, -0.25) is 4.90 Å². The fraction of sp³-hybridized carbons (Fsp3) is 1.00. The van der Waals surface area contributed by atoms with Gasteiger partial charge in [0.25, 0.3) is 0 Å². The van der Waals surface area contributed by atoms with E-state index in [1.807, 2.05) is 0 Å². The molecular weight excluding hydrogens is 276 g/mol. The van der Waals surface area contributed by atoms with E-state index in [-0.39, 0.29) is 0 Å². The van der Waals surface area contributed by atoms with Crippen LogP contribution in [0.5, 0.6) is 0 Å². The summed E-state index contributed by atoms with van der Waals surface area (Å²) in [5, 5.41) is 3.88. The molecule has 0 radical (unpaired) electrons. The minimum Gasteiger partial charge on any atom is -0.311 e. The first-order valence-electron chi connectivity index (χ1n) is 9.25. The molecule has 0 amide bonds. The van der Waals surface area contributed by atoms with Crippen molar-refractivity contribution >= 4 is 11.8 Å². The smallest absolute Gasteiger partial charge is 0.0284 e. The Labute approximate surface area is 135 Å². The van der Waals surface area contributed by atoms with Gasteiger partial charge in [-0.1, -0.05) is 32.1 Å². The Morgan fingerprint density at radius 3 is 2.48 bits per heavy atom. The maximum atomic E-state index is 3.88. The summed E-state index contributed by atoms with van der Waals surface area (Å²) in [6, 6.07) is 1.48. The topological polar surface area (TPSA) is 15.3 Å². The van der Waals surface area contributed by atoms with Crippen LogP contribution in [-0.2, 0) is 0 Å². The molecule has 2 saturated carbocycles. The molecule has 0 aromatic rings. The number of hydrogen-bond acceptors (Lipinski definition) is 3. The van der Waals surface area contributed by atoms with Gasteiger partial charge in [-0.2, -0.15) is 11.8 Å². The number of rotatable bonds is 4. The van der Waals surface area contributed by atoms with E-state index in [2.05, 4.69) is 35.2 Å². The fourth-order valence-electron chi connectivity index (χ4n) is 4.84. The van der Waals surface area contributed by atoms with Gasteiger partial charge in [0.1, 0.15) is 0 Å². The third kappa shape index (κ3) is 3.79. The summed E-state index contributed by atoms with van der Waals surface area (Å²) in [7, 11) is 0. The second-order valence-electron chi connectivity index (χ2n) is 7.79. The van der Waals surface area contributed by atoms with Crippen LogP contribution in [0.4, 0.5) is 0 Å². The van der Waals surface area contributed by atoms with Gasteiger partial charge in [0.15, 0.2) is 0 Å². The van der Waals surface area contributed by atoms with Crippen molar-refractivity contribution in [2.45, 2.75) is 81.5 Å². The number of nitrogens with zero attached hydrogens (tertiary/aromatic N) is 1. The van der Waals surface area contributed by atoms with Gasteiger partial charge >= 0.3 is 0 Å². The highest BCUT2D eigenvalue weighted by atomic mass is 32.2. The summed E-state index contributed by atoms with van der Waals surface area (Å²) in [6.07, 6.45) is 15.5. The van der Waals surface area contributed by atoms with Crippen LogP contribution in [0.1, 0.15) is 64.7 Å². The molecule has 1 saturated heterocycles. The predicted octanol–water partition coefficient (Wildman–Crippen LogP) is 3.90. The summed E-state index contributed by atoms with van der Waals surface area (Å²) in [5.41, 5.74) is 0. The first-order valence-corrected chi connectivity index (χ1v) is 10.5. The minimum atomic E-state index is 0.572. The van der Waals surface area contributed by atoms with Crippen molar-refractivity contribution in [1.82, 2.24) is 10.2 Å². The Balaban J connectivity index is 1.60. The highest BCUT2D eigenvalue weighted by Crippen LogP contribution is 2.41. The van der Waals surface area contributed by atoms with E-state index in [0.717, 1.165) is 18.0 Å². The molecule has 0 aromatic carbocycles. The quantitative estimate of drug-likeness (QED) is 0.847. The molecule has 0 bridgehead atoms. The molecule has 21 heavy (non-hydrogen) atoms. The van der Waals surface area contributed by atoms with Crippen LogP contribution in [0.2, 0.25) is 0 Å². The van der Waals surface area contributed by atoms with Gasteiger partial charge in [0.05, 0.1) is 0 Å². The zero-order valence-electron chi connectivity index (χ0n) is 14.1. The van der Waals surface area contributed by atoms with Crippen molar-refractivity contribution in [3.05, 3.63) is 0 Å². The highest BCUT2D eigenvalue weighted by molar-refractivity contribution is 8.00. The van der Waals surface area contributed by atoms with Crippen molar-refractivity contribution < 1.29 is 0 Å². The van der Waals surface area contributed by atoms with Crippen molar-refractivity contribution in [1.29, 1.82) is 0 Å². The van der Waals surface area contributed by atoms with Crippen LogP contribution in [0.15, 0.2) is 0 Å². The van der Waals surface area contributed by atoms with Crippen molar-refractivity contribution in [3.63, 3.8) is 0 Å². The Kier molecular flexibility index (Phi) is 5.55. The maximum Gasteiger partial charge on any atom is 0.0284 e. The lowest BCUT2D eigenvalue weighted by molar-refractivity contribution is 0.0951. The maximum absolute atomic E-state index is 3.88. The SMILES string of the molecule is CSC1(CN2CC(C3CCCCC3)NCC2C)CCCC1. The van der Waals surface area contributed by atoms with Crippen LogP contribution < -0.4 is 5.32 Å². The molecule has 2 aliphatic carbocycles. The molecule has 1 N–H and O–H groups in total. The fourth-order valence-corrected chi connectivity index (χ4v) is 5.83. The Bertz CT molecular complexity index is 321. The molecular formula is C18H34N2S. The lowest BCUT2D eigenvalue weighted by Crippen LogP contribution is -2.60. The summed E-state index contributed by atoms with van der Waals surface area (Å²) in [6.45, 7) is 6.26. The molecule has 0 aromatic heterocycles. The zero-order valence-corrected chi connectivity index (χ0v) is 14.9. The average Bonchev–Trinajstić information content (AvgIpc) is 2.99. The van der Waals surface area contributed by atoms with E-state index >= 15 is 0 Å². The minimum absolute atomic E-state index is 0.572. The van der Waals surface area contributed by atoms with Gasteiger partial charge < -0.3 is 5.32 Å². The molecule has 122 valence electrons. The van der Waals surface area contributed by atoms with Crippen LogP contribution >= 0.6 is 11.8 Å². The second-order valence-corrected chi connectivity index (χ2v) is 9.06. The number of piperazine rings is 1. The van der Waals surface area contributed by atoms with E-state index in [1.54, 1.807) is 0 Å². The highest BCUT2D eigenvalue weighted by Gasteiger charge is 2.38. The molecule has 3 heteroatoms. The first-order chi connectivity index (χ1) is 10.2. The standard InChI is InChI=1S/C18H34N2S/c1-15-12-19-17(16-8-4-3-5-9-16)13-20(15)14-18(21-2)10-6-7-11-18/h15-17,19H,3-14H2,1-2H3. The largest absolute Gasteiger partial charge is 0.311 e. The third-order valence-electron chi connectivity index (χ3n) is 6.39. The van der Waals surface area contributed by atoms with Crippen LogP contribution in [0.3, 0.4) is 0 Å². The van der Waals surface area contributed by atoms with Crippen LogP contribution in [0.25, 0.3) is 0 Å². The Hall–Kier alpha value is 0.270. The Morgan fingerprint density at radius 1 is 1.10 bits per heavy atom. The predicted molar refractivity (Wildman–Crippen MR) is 94.1 cm³/mol. The van der Waals surface area contributed by atoms with Crippen LogP contribution in [-0.4, -0.2) is 47.6 Å². The lowest BCUT2D eigenvalue weighted by Gasteiger charge is -2.45. The van der Waals surface area contributed by atoms with E-state index in [4.69, 9.17) is 0 Å². The monoisotopic (exact) mass is 310 g/mol. The normalized spacial score (nSPS) is 35.1. The molecule has 2 unspecified atom stereocenters. The summed E-state index contributed by atoms with van der Waals surface area (Å²) >= 11 is 2.15. The van der Waals surface area contributed by atoms with Gasteiger partial charge in [-0.25, -0.2) is 0 Å². The number of thioether (sulfide) groups is 1. The van der Waals surface area contributed by atoms with E-state index in [9.17, 15) is 0 Å². The van der Waals surface area contributed by atoms with Crippen molar-refractivity contribution in [2.24, 2.45) is 5.92 Å². The van der Waals surface area contributed by atoms with E-state index in [0.29, 0.717) is 4.75 Å². The number of nitrogens with one attached hydrogen (secondary N) is 1. The second kappa shape index (κ2) is 7.23. The van der Waals surface area contributed by atoms with Gasteiger partial charge in [-0.15, -0.1) is 0 Å². The lowest BCUT2D eigenvalue weighted by atomic mass is 9.82. The molecule has 0 spiro atoms. The first kappa shape index (κ1) is 16.1. The van der Waals surface area contributed by atoms with Crippen LogP contribution in [0, 0.1) is 5.92 Å². The molecule has 1 heterocycles. The summed E-state index contributed by atoms with van der Waals surface area (Å²) < 4.78 is 0.572. The molecule has 3 fully saturated rings. The van der Waals surface area contributed by atoms with Crippen molar-refractivity contribution in [2.75, 3.05) is 25.9 Å². The zero-order chi connectivity index (χ0) is 14.7. The summed E-state index contributed by atoms with van der Waals surface area (Å²) in [4.78, 5) is 2.83. The third-order valence-corrected chi connectivity index (χ3v) is 7.79. The molecule has 1 aliphatic heterocycles. The van der Waals surface area contributed by atoms with Gasteiger partial charge in [0, 0.05) is 36.5 Å². The van der Waals surface area contributed by atoms with Gasteiger partial charge in [-0.05, 0) is 44.8 Å².